The Hall–Kier alpha value is -2.68. The lowest BCUT2D eigenvalue weighted by Gasteiger charge is -2.11. The van der Waals surface area contributed by atoms with Crippen molar-refractivity contribution in [1.29, 1.82) is 0 Å². The Morgan fingerprint density at radius 2 is 2.00 bits per heavy atom. The third kappa shape index (κ3) is 5.38. The van der Waals surface area contributed by atoms with Crippen LogP contribution in [0.4, 0.5) is 4.39 Å². The fraction of sp³-hybridized carbons (Fsp3) is 0.0435. The first-order valence-electron chi connectivity index (χ1n) is 9.28. The van der Waals surface area contributed by atoms with E-state index in [4.69, 9.17) is 20.8 Å². The standard InChI is InChI=1S/C23H14Br2ClFN2O3/c24-16-4-5-20-15(9-16)10-21(32-20)23(30)29-28-11-14-7-18(25)22(19(26)8-14)31-12-13-2-1-3-17(27)6-13/h1-11H,12H2,(H,29,30)/b28-11+. The summed E-state index contributed by atoms with van der Waals surface area (Å²) < 4.78 is 26.1. The van der Waals surface area contributed by atoms with Crippen molar-refractivity contribution in [3.8, 4) is 5.75 Å². The zero-order valence-corrected chi connectivity index (χ0v) is 20.2. The maximum atomic E-state index is 13.3. The second kappa shape index (κ2) is 9.85. The minimum absolute atomic E-state index is 0.149. The van der Waals surface area contributed by atoms with Crippen LogP contribution in [0.25, 0.3) is 11.0 Å². The van der Waals surface area contributed by atoms with Crippen molar-refractivity contribution in [2.75, 3.05) is 0 Å². The molecule has 1 aromatic heterocycles. The van der Waals surface area contributed by atoms with Crippen LogP contribution in [0.5, 0.6) is 5.75 Å². The smallest absolute Gasteiger partial charge is 0.307 e. The SMILES string of the molecule is O=C(N/N=C/c1cc(Cl)c(OCc2cccc(F)c2)c(Br)c1)c1cc2cc(Br)ccc2o1. The van der Waals surface area contributed by atoms with Crippen molar-refractivity contribution in [3.63, 3.8) is 0 Å². The molecular weight excluding hydrogens is 567 g/mol. The number of hydrazone groups is 1. The molecule has 0 atom stereocenters. The van der Waals surface area contributed by atoms with Crippen LogP contribution >= 0.6 is 43.5 Å². The molecule has 1 N–H and O–H groups in total. The van der Waals surface area contributed by atoms with Crippen molar-refractivity contribution < 1.29 is 18.3 Å². The van der Waals surface area contributed by atoms with Gasteiger partial charge in [0.15, 0.2) is 11.5 Å². The third-order valence-corrected chi connectivity index (χ3v) is 5.74. The van der Waals surface area contributed by atoms with Gasteiger partial charge in [0.1, 0.15) is 18.0 Å². The molecular formula is C23H14Br2ClFN2O3. The van der Waals surface area contributed by atoms with Crippen LogP contribution in [-0.4, -0.2) is 12.1 Å². The summed E-state index contributed by atoms with van der Waals surface area (Å²) >= 11 is 13.1. The molecule has 9 heteroatoms. The molecule has 162 valence electrons. The van der Waals surface area contributed by atoms with E-state index in [1.54, 1.807) is 36.4 Å². The summed E-state index contributed by atoms with van der Waals surface area (Å²) in [6.45, 7) is 0.160. The molecule has 0 radical (unpaired) electrons. The van der Waals surface area contributed by atoms with Gasteiger partial charge in [0.05, 0.1) is 15.7 Å². The van der Waals surface area contributed by atoms with Crippen LogP contribution in [-0.2, 0) is 6.61 Å². The molecule has 4 rings (SSSR count). The number of hydrogen-bond donors (Lipinski definition) is 1. The van der Waals surface area contributed by atoms with Gasteiger partial charge in [-0.25, -0.2) is 9.82 Å². The van der Waals surface area contributed by atoms with Gasteiger partial charge in [-0.3, -0.25) is 4.79 Å². The lowest BCUT2D eigenvalue weighted by molar-refractivity contribution is 0.0929. The normalized spacial score (nSPS) is 11.2. The summed E-state index contributed by atoms with van der Waals surface area (Å²) in [7, 11) is 0. The number of carbonyl (C=O) groups excluding carboxylic acids is 1. The van der Waals surface area contributed by atoms with Crippen LogP contribution in [0.15, 0.2) is 79.1 Å². The summed E-state index contributed by atoms with van der Waals surface area (Å²) in [5, 5.41) is 5.11. The van der Waals surface area contributed by atoms with E-state index in [1.165, 1.54) is 18.3 Å². The highest BCUT2D eigenvalue weighted by Crippen LogP contribution is 2.34. The first-order valence-corrected chi connectivity index (χ1v) is 11.2. The van der Waals surface area contributed by atoms with Gasteiger partial charge in [0, 0.05) is 9.86 Å². The second-order valence-electron chi connectivity index (χ2n) is 6.72. The molecule has 0 unspecified atom stereocenters. The summed E-state index contributed by atoms with van der Waals surface area (Å²) in [4.78, 5) is 12.3. The summed E-state index contributed by atoms with van der Waals surface area (Å²) in [6, 6.07) is 16.6. The molecule has 32 heavy (non-hydrogen) atoms. The molecule has 1 heterocycles. The highest BCUT2D eigenvalue weighted by molar-refractivity contribution is 9.10. The molecule has 0 bridgehead atoms. The maximum absolute atomic E-state index is 13.3. The minimum Gasteiger partial charge on any atom is -0.486 e. The highest BCUT2D eigenvalue weighted by Gasteiger charge is 2.12. The van der Waals surface area contributed by atoms with Crippen LogP contribution in [0.2, 0.25) is 5.02 Å². The molecule has 0 saturated heterocycles. The summed E-state index contributed by atoms with van der Waals surface area (Å²) in [5.74, 6) is -0.240. The van der Waals surface area contributed by atoms with E-state index in [0.29, 0.717) is 32.0 Å². The van der Waals surface area contributed by atoms with Crippen molar-refractivity contribution in [2.24, 2.45) is 5.10 Å². The van der Waals surface area contributed by atoms with E-state index in [9.17, 15) is 9.18 Å². The van der Waals surface area contributed by atoms with Gasteiger partial charge in [-0.1, -0.05) is 39.7 Å². The predicted molar refractivity (Wildman–Crippen MR) is 129 cm³/mol. The van der Waals surface area contributed by atoms with Crippen LogP contribution < -0.4 is 10.2 Å². The molecule has 0 saturated carbocycles. The van der Waals surface area contributed by atoms with E-state index < -0.39 is 5.91 Å². The Bertz CT molecular complexity index is 1320. The quantitative estimate of drug-likeness (QED) is 0.196. The lowest BCUT2D eigenvalue weighted by Crippen LogP contribution is -2.16. The zero-order valence-electron chi connectivity index (χ0n) is 16.2. The minimum atomic E-state index is -0.478. The van der Waals surface area contributed by atoms with Crippen LogP contribution in [0, 0.1) is 5.82 Å². The molecule has 0 aliphatic carbocycles. The molecule has 0 aliphatic rings. The predicted octanol–water partition coefficient (Wildman–Crippen LogP) is 7.09. The number of nitrogens with one attached hydrogen (secondary N) is 1. The molecule has 0 spiro atoms. The van der Waals surface area contributed by atoms with Gasteiger partial charge in [0.25, 0.3) is 0 Å². The zero-order chi connectivity index (χ0) is 22.7. The van der Waals surface area contributed by atoms with E-state index in [-0.39, 0.29) is 18.2 Å². The largest absolute Gasteiger partial charge is 0.486 e. The third-order valence-electron chi connectivity index (χ3n) is 4.37. The van der Waals surface area contributed by atoms with Crippen molar-refractivity contribution in [2.45, 2.75) is 6.61 Å². The van der Waals surface area contributed by atoms with Crippen LogP contribution in [0.3, 0.4) is 0 Å². The number of carbonyl (C=O) groups is 1. The Balaban J connectivity index is 1.41. The number of amides is 1. The van der Waals surface area contributed by atoms with Crippen LogP contribution in [0.1, 0.15) is 21.7 Å². The van der Waals surface area contributed by atoms with Gasteiger partial charge >= 0.3 is 5.91 Å². The summed E-state index contributed by atoms with van der Waals surface area (Å²) in [5.41, 5.74) is 4.34. The second-order valence-corrected chi connectivity index (χ2v) is 8.90. The van der Waals surface area contributed by atoms with Gasteiger partial charge in [-0.15, -0.1) is 0 Å². The molecule has 4 aromatic rings. The molecule has 0 fully saturated rings. The Labute approximate surface area is 204 Å². The lowest BCUT2D eigenvalue weighted by atomic mass is 10.2. The number of rotatable bonds is 6. The highest BCUT2D eigenvalue weighted by atomic mass is 79.9. The van der Waals surface area contributed by atoms with Gasteiger partial charge in [-0.05, 0) is 75.6 Å². The van der Waals surface area contributed by atoms with E-state index in [2.05, 4.69) is 42.4 Å². The fourth-order valence-corrected chi connectivity index (χ4v) is 4.29. The molecule has 3 aromatic carbocycles. The monoisotopic (exact) mass is 578 g/mol. The van der Waals surface area contributed by atoms with E-state index in [1.807, 2.05) is 12.1 Å². The van der Waals surface area contributed by atoms with Crippen molar-refractivity contribution >= 4 is 66.6 Å². The summed E-state index contributed by atoms with van der Waals surface area (Å²) in [6.07, 6.45) is 1.45. The Morgan fingerprint density at radius 1 is 1.16 bits per heavy atom. The van der Waals surface area contributed by atoms with E-state index in [0.717, 1.165) is 9.86 Å². The first-order chi connectivity index (χ1) is 15.4. The number of benzene rings is 3. The number of nitrogens with zero attached hydrogens (tertiary/aromatic N) is 1. The van der Waals surface area contributed by atoms with Gasteiger partial charge in [0.2, 0.25) is 0 Å². The topological polar surface area (TPSA) is 63.8 Å². The number of fused-ring (bicyclic) bond motifs is 1. The first kappa shape index (κ1) is 22.5. The fourth-order valence-electron chi connectivity index (χ4n) is 2.92. The van der Waals surface area contributed by atoms with Crippen molar-refractivity contribution in [1.82, 2.24) is 5.43 Å². The number of halogens is 4. The Kier molecular flexibility index (Phi) is 6.93. The molecule has 1 amide bonds. The average Bonchev–Trinajstić information content (AvgIpc) is 3.16. The Morgan fingerprint density at radius 3 is 2.78 bits per heavy atom. The van der Waals surface area contributed by atoms with E-state index >= 15 is 0 Å². The average molecular weight is 581 g/mol. The van der Waals surface area contributed by atoms with Crippen molar-refractivity contribution in [3.05, 3.63) is 97.3 Å². The molecule has 5 nitrogen and oxygen atoms in total. The number of ether oxygens (including phenoxy) is 1. The number of furan rings is 1. The molecule has 0 aliphatic heterocycles. The number of hydrogen-bond acceptors (Lipinski definition) is 4. The van der Waals surface area contributed by atoms with Gasteiger partial charge < -0.3 is 9.15 Å². The van der Waals surface area contributed by atoms with Gasteiger partial charge in [-0.2, -0.15) is 5.10 Å². The maximum Gasteiger partial charge on any atom is 0.307 e.